The molecule has 3 nitrogen and oxygen atoms in total. The van der Waals surface area contributed by atoms with Crippen LogP contribution in [-0.2, 0) is 0 Å². The summed E-state index contributed by atoms with van der Waals surface area (Å²) >= 11 is 0. The molecule has 1 unspecified atom stereocenters. The van der Waals surface area contributed by atoms with Crippen LogP contribution in [0, 0.1) is 0 Å². The van der Waals surface area contributed by atoms with Crippen molar-refractivity contribution in [3.05, 3.63) is 30.1 Å². The summed E-state index contributed by atoms with van der Waals surface area (Å²) in [6.45, 7) is 0.0195. The Kier molecular flexibility index (Phi) is 4.58. The predicted octanol–water partition coefficient (Wildman–Crippen LogP) is 1.28. The molecule has 84 valence electrons. The van der Waals surface area contributed by atoms with Crippen LogP contribution in [0.15, 0.2) is 24.5 Å². The second kappa shape index (κ2) is 5.72. The molecule has 1 atom stereocenters. The van der Waals surface area contributed by atoms with Gasteiger partial charge in [-0.2, -0.15) is 0 Å². The Bertz CT molecular complexity index is 279. The highest BCUT2D eigenvalue weighted by Crippen LogP contribution is 2.17. The first-order valence-corrected chi connectivity index (χ1v) is 4.73. The van der Waals surface area contributed by atoms with E-state index >= 15 is 0 Å². The highest BCUT2D eigenvalue weighted by molar-refractivity contribution is 5.14. The Morgan fingerprint density at radius 1 is 1.53 bits per heavy atom. The molecule has 0 fully saturated rings. The van der Waals surface area contributed by atoms with Gasteiger partial charge in [-0.1, -0.05) is 6.07 Å². The lowest BCUT2D eigenvalue weighted by Crippen LogP contribution is -2.34. The molecule has 0 aliphatic rings. The molecule has 15 heavy (non-hydrogen) atoms. The maximum atomic E-state index is 12.2. The minimum absolute atomic E-state index is 0.201. The fraction of sp³-hybridized carbons (Fsp3) is 0.500. The van der Waals surface area contributed by atoms with Gasteiger partial charge in [-0.05, 0) is 18.7 Å². The molecular formula is C10H15F2N3. The topological polar surface area (TPSA) is 42.1 Å². The number of likely N-dealkylation sites (N-methyl/N-ethyl adjacent to an activating group) is 1. The maximum absolute atomic E-state index is 12.2. The van der Waals surface area contributed by atoms with Crippen molar-refractivity contribution in [1.29, 1.82) is 0 Å². The van der Waals surface area contributed by atoms with Gasteiger partial charge in [0.1, 0.15) is 0 Å². The average molecular weight is 215 g/mol. The number of nitrogens with two attached hydrogens (primary N) is 1. The summed E-state index contributed by atoms with van der Waals surface area (Å²) < 4.78 is 24.4. The quantitative estimate of drug-likeness (QED) is 0.804. The molecule has 0 amide bonds. The van der Waals surface area contributed by atoms with Crippen molar-refractivity contribution in [2.75, 3.05) is 20.1 Å². The molecule has 0 aromatic carbocycles. The standard InChI is InChI=1S/C10H15F2N3/c1-15(7-10(11)12)9(5-13)8-3-2-4-14-6-8/h2-4,6,9-10H,5,7,13H2,1H3. The predicted molar refractivity (Wildman–Crippen MR) is 54.7 cm³/mol. The molecule has 0 aliphatic carbocycles. The number of nitrogens with zero attached hydrogens (tertiary/aromatic N) is 2. The number of pyridine rings is 1. The average Bonchev–Trinajstić information content (AvgIpc) is 2.19. The summed E-state index contributed by atoms with van der Waals surface area (Å²) in [4.78, 5) is 5.49. The number of aromatic nitrogens is 1. The fourth-order valence-corrected chi connectivity index (χ4v) is 1.49. The highest BCUT2D eigenvalue weighted by atomic mass is 19.3. The minimum atomic E-state index is -2.35. The number of halogens is 2. The molecule has 0 bridgehead atoms. The van der Waals surface area contributed by atoms with Crippen LogP contribution in [0.4, 0.5) is 8.78 Å². The van der Waals surface area contributed by atoms with Crippen LogP contribution < -0.4 is 5.73 Å². The Morgan fingerprint density at radius 3 is 2.73 bits per heavy atom. The molecular weight excluding hydrogens is 200 g/mol. The molecule has 0 spiro atoms. The zero-order chi connectivity index (χ0) is 11.3. The third-order valence-electron chi connectivity index (χ3n) is 2.25. The Balaban J connectivity index is 2.71. The molecule has 0 radical (unpaired) electrons. The first-order valence-electron chi connectivity index (χ1n) is 4.73. The van der Waals surface area contributed by atoms with E-state index in [-0.39, 0.29) is 12.6 Å². The maximum Gasteiger partial charge on any atom is 0.251 e. The lowest BCUT2D eigenvalue weighted by atomic mass is 10.1. The van der Waals surface area contributed by atoms with E-state index in [2.05, 4.69) is 4.98 Å². The number of hydrogen-bond acceptors (Lipinski definition) is 3. The molecule has 5 heteroatoms. The van der Waals surface area contributed by atoms with Crippen LogP contribution in [-0.4, -0.2) is 36.4 Å². The van der Waals surface area contributed by atoms with E-state index in [1.165, 1.54) is 0 Å². The van der Waals surface area contributed by atoms with Crippen LogP contribution in [0.1, 0.15) is 11.6 Å². The van der Waals surface area contributed by atoms with Gasteiger partial charge in [0.2, 0.25) is 0 Å². The van der Waals surface area contributed by atoms with Crippen molar-refractivity contribution in [3.63, 3.8) is 0 Å². The van der Waals surface area contributed by atoms with Crippen molar-refractivity contribution in [2.24, 2.45) is 5.73 Å². The summed E-state index contributed by atoms with van der Waals surface area (Å²) in [5.41, 5.74) is 6.43. The summed E-state index contributed by atoms with van der Waals surface area (Å²) in [6.07, 6.45) is 0.949. The molecule has 1 aromatic heterocycles. The molecule has 0 aliphatic heterocycles. The fourth-order valence-electron chi connectivity index (χ4n) is 1.49. The monoisotopic (exact) mass is 215 g/mol. The third kappa shape index (κ3) is 3.53. The van der Waals surface area contributed by atoms with Crippen LogP contribution in [0.3, 0.4) is 0 Å². The van der Waals surface area contributed by atoms with Crippen molar-refractivity contribution in [3.8, 4) is 0 Å². The highest BCUT2D eigenvalue weighted by Gasteiger charge is 2.18. The number of rotatable bonds is 5. The van der Waals surface area contributed by atoms with Crippen LogP contribution in [0.25, 0.3) is 0 Å². The summed E-state index contributed by atoms with van der Waals surface area (Å²) in [7, 11) is 1.64. The van der Waals surface area contributed by atoms with E-state index in [9.17, 15) is 8.78 Å². The van der Waals surface area contributed by atoms with E-state index in [0.717, 1.165) is 5.56 Å². The molecule has 2 N–H and O–H groups in total. The van der Waals surface area contributed by atoms with E-state index in [4.69, 9.17) is 5.73 Å². The van der Waals surface area contributed by atoms with Gasteiger partial charge in [-0.15, -0.1) is 0 Å². The summed E-state index contributed by atoms with van der Waals surface area (Å²) in [6, 6.07) is 3.41. The molecule has 0 saturated heterocycles. The van der Waals surface area contributed by atoms with Gasteiger partial charge < -0.3 is 5.73 Å². The van der Waals surface area contributed by atoms with Gasteiger partial charge in [0.05, 0.1) is 6.54 Å². The van der Waals surface area contributed by atoms with Gasteiger partial charge in [0, 0.05) is 25.0 Å². The van der Waals surface area contributed by atoms with Crippen molar-refractivity contribution < 1.29 is 8.78 Å². The van der Waals surface area contributed by atoms with Crippen LogP contribution in [0.5, 0.6) is 0 Å². The SMILES string of the molecule is CN(CC(F)F)C(CN)c1cccnc1. The second-order valence-corrected chi connectivity index (χ2v) is 3.37. The van der Waals surface area contributed by atoms with Gasteiger partial charge >= 0.3 is 0 Å². The largest absolute Gasteiger partial charge is 0.329 e. The van der Waals surface area contributed by atoms with Crippen molar-refractivity contribution in [1.82, 2.24) is 9.88 Å². The third-order valence-corrected chi connectivity index (χ3v) is 2.25. The lowest BCUT2D eigenvalue weighted by molar-refractivity contribution is 0.0821. The Morgan fingerprint density at radius 2 is 2.27 bits per heavy atom. The van der Waals surface area contributed by atoms with Gasteiger partial charge in [0.25, 0.3) is 6.43 Å². The van der Waals surface area contributed by atoms with E-state index in [0.29, 0.717) is 6.54 Å². The van der Waals surface area contributed by atoms with Gasteiger partial charge in [-0.25, -0.2) is 8.78 Å². The van der Waals surface area contributed by atoms with Gasteiger partial charge in [-0.3, -0.25) is 9.88 Å². The molecule has 1 rings (SSSR count). The van der Waals surface area contributed by atoms with Crippen LogP contribution >= 0.6 is 0 Å². The smallest absolute Gasteiger partial charge is 0.251 e. The summed E-state index contributed by atoms with van der Waals surface area (Å²) in [5, 5.41) is 0. The van der Waals surface area contributed by atoms with Crippen molar-refractivity contribution >= 4 is 0 Å². The molecule has 1 heterocycles. The summed E-state index contributed by atoms with van der Waals surface area (Å²) in [5.74, 6) is 0. The van der Waals surface area contributed by atoms with E-state index < -0.39 is 6.43 Å². The van der Waals surface area contributed by atoms with Crippen molar-refractivity contribution in [2.45, 2.75) is 12.5 Å². The van der Waals surface area contributed by atoms with Gasteiger partial charge in [0.15, 0.2) is 0 Å². The normalized spacial score (nSPS) is 13.5. The zero-order valence-corrected chi connectivity index (χ0v) is 8.61. The lowest BCUT2D eigenvalue weighted by Gasteiger charge is -2.26. The Labute approximate surface area is 87.9 Å². The van der Waals surface area contributed by atoms with E-state index in [1.54, 1.807) is 30.4 Å². The minimum Gasteiger partial charge on any atom is -0.329 e. The first-order chi connectivity index (χ1) is 7.15. The first kappa shape index (κ1) is 12.0. The Hall–Kier alpha value is -1.07. The molecule has 1 aromatic rings. The number of hydrogen-bond donors (Lipinski definition) is 1. The second-order valence-electron chi connectivity index (χ2n) is 3.37. The van der Waals surface area contributed by atoms with Crippen LogP contribution in [0.2, 0.25) is 0 Å². The molecule has 0 saturated carbocycles. The zero-order valence-electron chi connectivity index (χ0n) is 8.61. The van der Waals surface area contributed by atoms with E-state index in [1.807, 2.05) is 6.07 Å². The number of alkyl halides is 2.